The van der Waals surface area contributed by atoms with Crippen LogP contribution in [0.3, 0.4) is 0 Å². The van der Waals surface area contributed by atoms with E-state index in [1.165, 1.54) is 17.8 Å². The Morgan fingerprint density at radius 3 is 2.77 bits per heavy atom. The zero-order valence-corrected chi connectivity index (χ0v) is 17.7. The molecule has 1 aliphatic heterocycles. The number of nitrogens with one attached hydrogen (secondary N) is 1. The molecule has 0 aliphatic carbocycles. The van der Waals surface area contributed by atoms with Crippen molar-refractivity contribution in [1.82, 2.24) is 9.88 Å². The number of amides is 1. The van der Waals surface area contributed by atoms with Gasteiger partial charge in [-0.1, -0.05) is 13.8 Å². The Kier molecular flexibility index (Phi) is 6.32. The minimum Gasteiger partial charge on any atom is -0.496 e. The molecule has 1 aromatic carbocycles. The molecule has 0 spiro atoms. The summed E-state index contributed by atoms with van der Waals surface area (Å²) in [5.74, 6) is 1.98. The minimum atomic E-state index is -0.172. The molecule has 3 rings (SSSR count). The standard InChI is InChI=1S/C19H24BrN3O2S/c1-12-6-13(2)9-23(8-12)10-15-11-26-19(21-15)22-18(24)14-4-5-17(25-3)16(20)7-14/h4-5,7,11-13H,6,8-10H2,1-3H3,(H,21,22,24)/t12-,13+. The number of halogens is 1. The van der Waals surface area contributed by atoms with Gasteiger partial charge in [0.1, 0.15) is 5.75 Å². The second-order valence-electron chi connectivity index (χ2n) is 7.09. The smallest absolute Gasteiger partial charge is 0.257 e. The van der Waals surface area contributed by atoms with E-state index >= 15 is 0 Å². The first-order valence-electron chi connectivity index (χ1n) is 8.76. The number of hydrogen-bond acceptors (Lipinski definition) is 5. The van der Waals surface area contributed by atoms with Gasteiger partial charge in [0.05, 0.1) is 17.3 Å². The summed E-state index contributed by atoms with van der Waals surface area (Å²) in [6.07, 6.45) is 1.30. The number of hydrogen-bond donors (Lipinski definition) is 1. The maximum absolute atomic E-state index is 12.4. The van der Waals surface area contributed by atoms with Crippen molar-refractivity contribution in [3.05, 3.63) is 39.3 Å². The molecule has 2 atom stereocenters. The average Bonchev–Trinajstić information content (AvgIpc) is 3.00. The van der Waals surface area contributed by atoms with Crippen LogP contribution < -0.4 is 10.1 Å². The highest BCUT2D eigenvalue weighted by Crippen LogP contribution is 2.27. The van der Waals surface area contributed by atoms with Gasteiger partial charge >= 0.3 is 0 Å². The second kappa shape index (κ2) is 8.50. The van der Waals surface area contributed by atoms with Crippen molar-refractivity contribution in [3.63, 3.8) is 0 Å². The monoisotopic (exact) mass is 437 g/mol. The summed E-state index contributed by atoms with van der Waals surface area (Å²) in [6, 6.07) is 5.26. The number of anilines is 1. The largest absolute Gasteiger partial charge is 0.496 e. The van der Waals surface area contributed by atoms with Gasteiger partial charge < -0.3 is 4.74 Å². The number of thiazole rings is 1. The van der Waals surface area contributed by atoms with E-state index in [0.29, 0.717) is 16.4 Å². The van der Waals surface area contributed by atoms with E-state index in [1.54, 1.807) is 25.3 Å². The SMILES string of the molecule is COc1ccc(C(=O)Nc2nc(CN3C[C@H](C)C[C@H](C)C3)cs2)cc1Br. The fourth-order valence-electron chi connectivity index (χ4n) is 3.56. The molecule has 1 amide bonds. The molecule has 26 heavy (non-hydrogen) atoms. The van der Waals surface area contributed by atoms with Gasteiger partial charge in [-0.25, -0.2) is 4.98 Å². The van der Waals surface area contributed by atoms with Crippen molar-refractivity contribution in [2.24, 2.45) is 11.8 Å². The van der Waals surface area contributed by atoms with Crippen LogP contribution in [-0.4, -0.2) is 36.0 Å². The molecule has 140 valence electrons. The number of ether oxygens (including phenoxy) is 1. The van der Waals surface area contributed by atoms with Crippen molar-refractivity contribution in [2.75, 3.05) is 25.5 Å². The molecule has 0 unspecified atom stereocenters. The first-order chi connectivity index (χ1) is 12.4. The van der Waals surface area contributed by atoms with E-state index < -0.39 is 0 Å². The fourth-order valence-corrected chi connectivity index (χ4v) is 4.80. The Morgan fingerprint density at radius 1 is 1.38 bits per heavy atom. The van der Waals surface area contributed by atoms with Crippen molar-refractivity contribution in [3.8, 4) is 5.75 Å². The first-order valence-corrected chi connectivity index (χ1v) is 10.4. The topological polar surface area (TPSA) is 54.5 Å². The summed E-state index contributed by atoms with van der Waals surface area (Å²) in [6.45, 7) is 7.69. The van der Waals surface area contributed by atoms with Crippen molar-refractivity contribution in [1.29, 1.82) is 0 Å². The Morgan fingerprint density at radius 2 is 2.12 bits per heavy atom. The van der Waals surface area contributed by atoms with Crippen molar-refractivity contribution < 1.29 is 9.53 Å². The fraction of sp³-hybridized carbons (Fsp3) is 0.474. The minimum absolute atomic E-state index is 0.172. The summed E-state index contributed by atoms with van der Waals surface area (Å²) in [5, 5.41) is 5.55. The first kappa shape index (κ1) is 19.3. The number of carbonyl (C=O) groups excluding carboxylic acids is 1. The molecule has 1 fully saturated rings. The lowest BCUT2D eigenvalue weighted by molar-refractivity contribution is 0.102. The molecule has 1 N–H and O–H groups in total. The summed E-state index contributed by atoms with van der Waals surface area (Å²) >= 11 is 4.87. The van der Waals surface area contributed by atoms with E-state index in [-0.39, 0.29) is 5.91 Å². The maximum Gasteiger partial charge on any atom is 0.257 e. The highest BCUT2D eigenvalue weighted by molar-refractivity contribution is 9.10. The van der Waals surface area contributed by atoms with Gasteiger partial charge in [-0.05, 0) is 52.4 Å². The summed E-state index contributed by atoms with van der Waals surface area (Å²) in [4.78, 5) is 19.5. The maximum atomic E-state index is 12.4. The highest BCUT2D eigenvalue weighted by atomic mass is 79.9. The van der Waals surface area contributed by atoms with Gasteiger partial charge in [0.25, 0.3) is 5.91 Å². The number of piperidine rings is 1. The lowest BCUT2D eigenvalue weighted by atomic mass is 9.92. The van der Waals surface area contributed by atoms with Gasteiger partial charge in [0.2, 0.25) is 0 Å². The molecule has 5 nitrogen and oxygen atoms in total. The number of aromatic nitrogens is 1. The Balaban J connectivity index is 1.61. The normalized spacial score (nSPS) is 20.8. The van der Waals surface area contributed by atoms with Gasteiger partial charge in [0.15, 0.2) is 5.13 Å². The molecule has 1 aliphatic rings. The van der Waals surface area contributed by atoms with E-state index in [0.717, 1.165) is 41.6 Å². The molecule has 0 radical (unpaired) electrons. The van der Waals surface area contributed by atoms with Crippen LogP contribution in [0, 0.1) is 11.8 Å². The predicted molar refractivity (Wildman–Crippen MR) is 109 cm³/mol. The van der Waals surface area contributed by atoms with Crippen LogP contribution in [0.2, 0.25) is 0 Å². The predicted octanol–water partition coefficient (Wildman–Crippen LogP) is 4.64. The number of benzene rings is 1. The molecule has 7 heteroatoms. The number of rotatable bonds is 5. The van der Waals surface area contributed by atoms with Crippen LogP contribution in [-0.2, 0) is 6.54 Å². The summed E-state index contributed by atoms with van der Waals surface area (Å²) in [5.41, 5.74) is 1.58. The summed E-state index contributed by atoms with van der Waals surface area (Å²) in [7, 11) is 1.60. The molecular formula is C19H24BrN3O2S. The van der Waals surface area contributed by atoms with Gasteiger partial charge in [0, 0.05) is 30.6 Å². The zero-order chi connectivity index (χ0) is 18.7. The summed E-state index contributed by atoms with van der Waals surface area (Å²) < 4.78 is 5.95. The molecule has 1 saturated heterocycles. The van der Waals surface area contributed by atoms with Crippen LogP contribution in [0.4, 0.5) is 5.13 Å². The van der Waals surface area contributed by atoms with Crippen molar-refractivity contribution in [2.45, 2.75) is 26.8 Å². The highest BCUT2D eigenvalue weighted by Gasteiger charge is 2.22. The Labute approximate surface area is 166 Å². The third-order valence-electron chi connectivity index (χ3n) is 4.52. The van der Waals surface area contributed by atoms with Crippen LogP contribution in [0.25, 0.3) is 0 Å². The van der Waals surface area contributed by atoms with Gasteiger partial charge in [-0.15, -0.1) is 11.3 Å². The molecule has 2 heterocycles. The molecule has 2 aromatic rings. The van der Waals surface area contributed by atoms with Crippen LogP contribution in [0.15, 0.2) is 28.1 Å². The lowest BCUT2D eigenvalue weighted by Gasteiger charge is -2.34. The molecule has 1 aromatic heterocycles. The third-order valence-corrected chi connectivity index (χ3v) is 5.94. The molecule has 0 bridgehead atoms. The second-order valence-corrected chi connectivity index (χ2v) is 8.80. The third kappa shape index (κ3) is 4.84. The van der Waals surface area contributed by atoms with E-state index in [2.05, 4.69) is 45.0 Å². The molecular weight excluding hydrogens is 414 g/mol. The van der Waals surface area contributed by atoms with Gasteiger partial charge in [-0.2, -0.15) is 0 Å². The number of carbonyl (C=O) groups is 1. The van der Waals surface area contributed by atoms with E-state index in [4.69, 9.17) is 4.74 Å². The number of methoxy groups -OCH3 is 1. The van der Waals surface area contributed by atoms with Crippen LogP contribution in [0.5, 0.6) is 5.75 Å². The van der Waals surface area contributed by atoms with E-state index in [1.807, 2.05) is 5.38 Å². The Bertz CT molecular complexity index is 770. The molecule has 0 saturated carbocycles. The zero-order valence-electron chi connectivity index (χ0n) is 15.3. The van der Waals surface area contributed by atoms with Crippen LogP contribution >= 0.6 is 27.3 Å². The van der Waals surface area contributed by atoms with Crippen LogP contribution in [0.1, 0.15) is 36.3 Å². The number of likely N-dealkylation sites (tertiary alicyclic amines) is 1. The average molecular weight is 438 g/mol. The van der Waals surface area contributed by atoms with Crippen molar-refractivity contribution >= 4 is 38.3 Å². The quantitative estimate of drug-likeness (QED) is 0.739. The van der Waals surface area contributed by atoms with E-state index in [9.17, 15) is 4.79 Å². The van der Waals surface area contributed by atoms with Gasteiger partial charge in [-0.3, -0.25) is 15.0 Å². The Hall–Kier alpha value is -1.44. The lowest BCUT2D eigenvalue weighted by Crippen LogP contribution is -2.38. The number of nitrogens with zero attached hydrogens (tertiary/aromatic N) is 2.